The number of anilines is 1. The van der Waals surface area contributed by atoms with Crippen LogP contribution in [-0.4, -0.2) is 61.7 Å². The van der Waals surface area contributed by atoms with Crippen molar-refractivity contribution in [2.24, 2.45) is 5.92 Å². The fourth-order valence-corrected chi connectivity index (χ4v) is 3.72. The highest BCUT2D eigenvalue weighted by Crippen LogP contribution is 2.33. The smallest absolute Gasteiger partial charge is 0.256 e. The number of hydrogen-bond acceptors (Lipinski definition) is 7. The Hall–Kier alpha value is -3.66. The highest BCUT2D eigenvalue weighted by atomic mass is 19.1. The maximum atomic E-state index is 14.4. The van der Waals surface area contributed by atoms with Gasteiger partial charge in [-0.15, -0.1) is 0 Å². The predicted molar refractivity (Wildman–Crippen MR) is 119 cm³/mol. The van der Waals surface area contributed by atoms with Crippen molar-refractivity contribution in [3.05, 3.63) is 59.3 Å². The molecule has 2 aromatic carbocycles. The number of allylic oxidation sites excluding steroid dienone is 1. The third-order valence-corrected chi connectivity index (χ3v) is 5.46. The van der Waals surface area contributed by atoms with Gasteiger partial charge in [0, 0.05) is 50.1 Å². The Balaban J connectivity index is 1.33. The molecule has 10 heteroatoms. The van der Waals surface area contributed by atoms with Gasteiger partial charge in [0.2, 0.25) is 0 Å². The van der Waals surface area contributed by atoms with Crippen molar-refractivity contribution in [3.8, 4) is 11.5 Å². The molecule has 1 saturated heterocycles. The van der Waals surface area contributed by atoms with Crippen LogP contribution in [0.5, 0.6) is 11.5 Å². The van der Waals surface area contributed by atoms with Crippen molar-refractivity contribution in [2.75, 3.05) is 38.7 Å². The number of nitrogens with one attached hydrogen (secondary N) is 3. The average molecular weight is 458 g/mol. The summed E-state index contributed by atoms with van der Waals surface area (Å²) < 4.78 is 39.7. The first-order chi connectivity index (χ1) is 15.9. The summed E-state index contributed by atoms with van der Waals surface area (Å²) >= 11 is 0. The normalized spacial score (nSPS) is 17.9. The van der Waals surface area contributed by atoms with Crippen LogP contribution in [0.25, 0.3) is 5.57 Å². The SMILES string of the molecule is CN/C=C(\C=N)c1ccc(OCC2CN(C(=O)c3cc4c(cc3F)OCC(O)N4)C2)c(F)c1. The van der Waals surface area contributed by atoms with E-state index in [1.54, 1.807) is 19.3 Å². The van der Waals surface area contributed by atoms with Gasteiger partial charge in [-0.3, -0.25) is 4.79 Å². The number of benzene rings is 2. The van der Waals surface area contributed by atoms with E-state index < -0.39 is 23.8 Å². The number of amides is 1. The highest BCUT2D eigenvalue weighted by Gasteiger charge is 2.34. The molecule has 0 spiro atoms. The molecule has 1 fully saturated rings. The zero-order valence-electron chi connectivity index (χ0n) is 17.9. The van der Waals surface area contributed by atoms with Gasteiger partial charge < -0.3 is 35.5 Å². The summed E-state index contributed by atoms with van der Waals surface area (Å²) in [5, 5.41) is 22.6. The summed E-state index contributed by atoms with van der Waals surface area (Å²) in [6.07, 6.45) is 1.79. The van der Waals surface area contributed by atoms with Gasteiger partial charge in [-0.05, 0) is 23.8 Å². The van der Waals surface area contributed by atoms with Crippen LogP contribution in [0.3, 0.4) is 0 Å². The third kappa shape index (κ3) is 4.75. The summed E-state index contributed by atoms with van der Waals surface area (Å²) in [4.78, 5) is 14.2. The summed E-state index contributed by atoms with van der Waals surface area (Å²) in [5.74, 6) is -1.40. The molecule has 4 rings (SSSR count). The molecule has 1 unspecified atom stereocenters. The van der Waals surface area contributed by atoms with E-state index in [4.69, 9.17) is 14.9 Å². The summed E-state index contributed by atoms with van der Waals surface area (Å²) in [6, 6.07) is 6.93. The van der Waals surface area contributed by atoms with Gasteiger partial charge in [-0.25, -0.2) is 8.78 Å². The monoisotopic (exact) mass is 458 g/mol. The quantitative estimate of drug-likeness (QED) is 0.475. The molecule has 0 aromatic heterocycles. The lowest BCUT2D eigenvalue weighted by Crippen LogP contribution is -2.52. The van der Waals surface area contributed by atoms with Gasteiger partial charge in [0.1, 0.15) is 18.2 Å². The molecule has 0 radical (unpaired) electrons. The number of carbonyl (C=O) groups is 1. The summed E-state index contributed by atoms with van der Waals surface area (Å²) in [5.41, 5.74) is 1.32. The number of halogens is 2. The van der Waals surface area contributed by atoms with Gasteiger partial charge in [0.05, 0.1) is 17.9 Å². The molecule has 2 heterocycles. The van der Waals surface area contributed by atoms with Crippen LogP contribution in [0.2, 0.25) is 0 Å². The Kier molecular flexibility index (Phi) is 6.45. The van der Waals surface area contributed by atoms with Crippen LogP contribution in [0.1, 0.15) is 15.9 Å². The molecular formula is C23H24F2N4O4. The van der Waals surface area contributed by atoms with Crippen molar-refractivity contribution < 1.29 is 28.2 Å². The number of rotatable bonds is 7. The number of aliphatic hydroxyl groups is 1. The van der Waals surface area contributed by atoms with E-state index in [9.17, 15) is 18.7 Å². The Labute approximate surface area is 189 Å². The van der Waals surface area contributed by atoms with Crippen LogP contribution < -0.4 is 20.1 Å². The first kappa shape index (κ1) is 22.5. The highest BCUT2D eigenvalue weighted by molar-refractivity contribution is 6.08. The Morgan fingerprint density at radius 1 is 1.33 bits per heavy atom. The predicted octanol–water partition coefficient (Wildman–Crippen LogP) is 2.45. The van der Waals surface area contributed by atoms with Crippen LogP contribution in [0, 0.1) is 23.0 Å². The van der Waals surface area contributed by atoms with Gasteiger partial charge in [-0.2, -0.15) is 0 Å². The Morgan fingerprint density at radius 3 is 2.82 bits per heavy atom. The molecule has 0 aliphatic carbocycles. The summed E-state index contributed by atoms with van der Waals surface area (Å²) in [6.45, 7) is 0.903. The maximum Gasteiger partial charge on any atom is 0.256 e. The third-order valence-electron chi connectivity index (χ3n) is 5.46. The fourth-order valence-electron chi connectivity index (χ4n) is 3.72. The minimum atomic E-state index is -0.929. The van der Waals surface area contributed by atoms with Crippen LogP contribution in [0.4, 0.5) is 14.5 Å². The largest absolute Gasteiger partial charge is 0.490 e. The van der Waals surface area contributed by atoms with E-state index in [-0.39, 0.29) is 36.2 Å². The number of carbonyl (C=O) groups excluding carboxylic acids is 1. The minimum absolute atomic E-state index is 0.00661. The molecule has 174 valence electrons. The second kappa shape index (κ2) is 9.45. The molecule has 0 bridgehead atoms. The second-order valence-electron chi connectivity index (χ2n) is 7.86. The molecule has 1 amide bonds. The molecule has 8 nitrogen and oxygen atoms in total. The van der Waals surface area contributed by atoms with Crippen LogP contribution in [0.15, 0.2) is 36.5 Å². The fraction of sp³-hybridized carbons (Fsp3) is 0.304. The standard InChI is InChI=1S/C23H24F2N4O4/c1-27-8-15(7-26)14-2-3-20(18(25)4-14)32-11-13-9-29(10-13)23(31)16-5-19-21(6-17(16)24)33-12-22(30)28-19/h2-8,13,22,26-28,30H,9-12H2,1H3/b15-8+,26-7?. The maximum absolute atomic E-state index is 14.4. The molecule has 33 heavy (non-hydrogen) atoms. The van der Waals surface area contributed by atoms with Crippen molar-refractivity contribution in [3.63, 3.8) is 0 Å². The minimum Gasteiger partial charge on any atom is -0.490 e. The van der Waals surface area contributed by atoms with Gasteiger partial charge in [0.15, 0.2) is 17.8 Å². The number of aliphatic hydroxyl groups excluding tert-OH is 1. The first-order valence-corrected chi connectivity index (χ1v) is 10.4. The van der Waals surface area contributed by atoms with E-state index in [0.717, 1.165) is 12.3 Å². The van der Waals surface area contributed by atoms with E-state index in [1.807, 2.05) is 0 Å². The number of hydrogen-bond donors (Lipinski definition) is 4. The topological polar surface area (TPSA) is 107 Å². The number of likely N-dealkylation sites (tertiary alicyclic amines) is 1. The van der Waals surface area contributed by atoms with Crippen molar-refractivity contribution in [1.82, 2.24) is 10.2 Å². The van der Waals surface area contributed by atoms with Crippen molar-refractivity contribution >= 4 is 23.4 Å². The summed E-state index contributed by atoms with van der Waals surface area (Å²) in [7, 11) is 1.69. The van der Waals surface area contributed by atoms with E-state index in [1.165, 1.54) is 23.1 Å². The number of ether oxygens (including phenoxy) is 2. The number of nitrogens with zero attached hydrogens (tertiary/aromatic N) is 1. The molecule has 0 saturated carbocycles. The number of fused-ring (bicyclic) bond motifs is 1. The molecule has 4 N–H and O–H groups in total. The van der Waals surface area contributed by atoms with E-state index in [2.05, 4.69) is 10.6 Å². The second-order valence-corrected chi connectivity index (χ2v) is 7.86. The van der Waals surface area contributed by atoms with Crippen molar-refractivity contribution in [1.29, 1.82) is 5.41 Å². The molecule has 2 aromatic rings. The average Bonchev–Trinajstić information content (AvgIpc) is 2.77. The Bertz CT molecular complexity index is 1100. The van der Waals surface area contributed by atoms with Gasteiger partial charge in [-0.1, -0.05) is 6.07 Å². The molecule has 2 aliphatic heterocycles. The molecule has 1 atom stereocenters. The Morgan fingerprint density at radius 2 is 2.12 bits per heavy atom. The van der Waals surface area contributed by atoms with Crippen LogP contribution in [-0.2, 0) is 0 Å². The van der Waals surface area contributed by atoms with Gasteiger partial charge in [0.25, 0.3) is 5.91 Å². The van der Waals surface area contributed by atoms with Crippen LogP contribution >= 0.6 is 0 Å². The molecular weight excluding hydrogens is 434 g/mol. The van der Waals surface area contributed by atoms with Gasteiger partial charge >= 0.3 is 0 Å². The molecule has 2 aliphatic rings. The zero-order chi connectivity index (χ0) is 23.5. The lowest BCUT2D eigenvalue weighted by molar-refractivity contribution is 0.0384. The lowest BCUT2D eigenvalue weighted by atomic mass is 9.99. The van der Waals surface area contributed by atoms with E-state index in [0.29, 0.717) is 29.9 Å². The van der Waals surface area contributed by atoms with E-state index >= 15 is 0 Å². The lowest BCUT2D eigenvalue weighted by Gasteiger charge is -2.39. The first-order valence-electron chi connectivity index (χ1n) is 10.4. The van der Waals surface area contributed by atoms with Crippen molar-refractivity contribution in [2.45, 2.75) is 6.23 Å². The zero-order valence-corrected chi connectivity index (χ0v) is 17.9.